The Morgan fingerprint density at radius 1 is 1.07 bits per heavy atom. The number of carbonyl (C=O) groups excluding carboxylic acids is 2. The Hall–Kier alpha value is -2.44. The number of rotatable bonds is 9. The molecular weight excluding hydrogens is 348 g/mol. The Bertz CT molecular complexity index is 625. The highest BCUT2D eigenvalue weighted by Crippen LogP contribution is 2.30. The molecule has 1 aromatic carbocycles. The lowest BCUT2D eigenvalue weighted by Gasteiger charge is -2.20. The number of benzene rings is 1. The first-order chi connectivity index (χ1) is 12.7. The van der Waals surface area contributed by atoms with E-state index in [0.29, 0.717) is 24.7 Å². The molecule has 7 heteroatoms. The number of alkyl carbamates (subject to hydrolysis) is 1. The van der Waals surface area contributed by atoms with E-state index in [4.69, 9.17) is 14.2 Å². The summed E-state index contributed by atoms with van der Waals surface area (Å²) >= 11 is 0. The van der Waals surface area contributed by atoms with Gasteiger partial charge in [-0.15, -0.1) is 0 Å². The summed E-state index contributed by atoms with van der Waals surface area (Å²) < 4.78 is 16.3. The van der Waals surface area contributed by atoms with Gasteiger partial charge in [-0.25, -0.2) is 4.79 Å². The maximum Gasteiger partial charge on any atom is 0.407 e. The van der Waals surface area contributed by atoms with Gasteiger partial charge in [-0.1, -0.05) is 6.07 Å². The van der Waals surface area contributed by atoms with Crippen molar-refractivity contribution in [3.8, 4) is 11.5 Å². The largest absolute Gasteiger partial charge is 0.490 e. The number of carbonyl (C=O) groups is 2. The average molecular weight is 380 g/mol. The quantitative estimate of drug-likeness (QED) is 0.684. The third-order valence-corrected chi connectivity index (χ3v) is 3.47. The fourth-order valence-corrected chi connectivity index (χ4v) is 2.33. The third kappa shape index (κ3) is 8.66. The fraction of sp³-hybridized carbons (Fsp3) is 0.600. The van der Waals surface area contributed by atoms with Crippen LogP contribution >= 0.6 is 0 Å². The summed E-state index contributed by atoms with van der Waals surface area (Å²) in [4.78, 5) is 23.7. The van der Waals surface area contributed by atoms with Crippen molar-refractivity contribution >= 4 is 12.0 Å². The Morgan fingerprint density at radius 2 is 1.70 bits per heavy atom. The van der Waals surface area contributed by atoms with Gasteiger partial charge in [-0.3, -0.25) is 4.79 Å². The second-order valence-electron chi connectivity index (χ2n) is 7.04. The molecule has 27 heavy (non-hydrogen) atoms. The van der Waals surface area contributed by atoms with Gasteiger partial charge in [0.2, 0.25) is 5.91 Å². The van der Waals surface area contributed by atoms with E-state index in [2.05, 4.69) is 10.6 Å². The van der Waals surface area contributed by atoms with Crippen molar-refractivity contribution in [1.82, 2.24) is 10.6 Å². The molecule has 1 atom stereocenters. The first-order valence-corrected chi connectivity index (χ1v) is 9.32. The van der Waals surface area contributed by atoms with Crippen molar-refractivity contribution in [3.63, 3.8) is 0 Å². The predicted molar refractivity (Wildman–Crippen MR) is 104 cm³/mol. The van der Waals surface area contributed by atoms with Gasteiger partial charge in [0, 0.05) is 13.0 Å². The van der Waals surface area contributed by atoms with Crippen LogP contribution in [0.1, 0.15) is 59.6 Å². The highest BCUT2D eigenvalue weighted by Gasteiger charge is 2.17. The SMILES string of the molecule is CCOc1ccc([C@@H](C)NC(=O)CCNC(=O)OC(C)(C)C)cc1OCC. The highest BCUT2D eigenvalue weighted by atomic mass is 16.6. The molecule has 0 aliphatic carbocycles. The van der Waals surface area contributed by atoms with Crippen LogP contribution in [0, 0.1) is 0 Å². The van der Waals surface area contributed by atoms with Crippen LogP contribution in [0.2, 0.25) is 0 Å². The molecule has 1 aromatic rings. The topological polar surface area (TPSA) is 85.9 Å². The van der Waals surface area contributed by atoms with Crippen LogP contribution in [0.5, 0.6) is 11.5 Å². The Morgan fingerprint density at radius 3 is 2.30 bits per heavy atom. The standard InChI is InChI=1S/C20H32N2O5/c1-7-25-16-10-9-15(13-17(16)26-8-2)14(3)22-18(23)11-12-21-19(24)27-20(4,5)6/h9-10,13-14H,7-8,11-12H2,1-6H3,(H,21,24)(H,22,23)/t14-/m1/s1. The zero-order valence-corrected chi connectivity index (χ0v) is 17.2. The molecule has 2 amide bonds. The molecule has 0 bridgehead atoms. The maximum atomic E-state index is 12.1. The van der Waals surface area contributed by atoms with Gasteiger partial charge >= 0.3 is 6.09 Å². The van der Waals surface area contributed by atoms with E-state index >= 15 is 0 Å². The molecule has 7 nitrogen and oxygen atoms in total. The smallest absolute Gasteiger partial charge is 0.407 e. The number of nitrogens with one attached hydrogen (secondary N) is 2. The lowest BCUT2D eigenvalue weighted by atomic mass is 10.1. The van der Waals surface area contributed by atoms with E-state index in [-0.39, 0.29) is 24.9 Å². The highest BCUT2D eigenvalue weighted by molar-refractivity contribution is 5.77. The van der Waals surface area contributed by atoms with E-state index < -0.39 is 11.7 Å². The summed E-state index contributed by atoms with van der Waals surface area (Å²) in [6.07, 6.45) is -0.366. The van der Waals surface area contributed by atoms with Gasteiger partial charge in [-0.2, -0.15) is 0 Å². The van der Waals surface area contributed by atoms with Crippen LogP contribution in [0.3, 0.4) is 0 Å². The van der Waals surface area contributed by atoms with Gasteiger partial charge in [0.05, 0.1) is 19.3 Å². The summed E-state index contributed by atoms with van der Waals surface area (Å²) in [5.41, 5.74) is 0.350. The normalized spacial score (nSPS) is 12.1. The molecule has 152 valence electrons. The summed E-state index contributed by atoms with van der Waals surface area (Å²) in [6, 6.07) is 5.42. The first kappa shape index (κ1) is 22.6. The molecule has 0 aromatic heterocycles. The van der Waals surface area contributed by atoms with E-state index in [9.17, 15) is 9.59 Å². The minimum absolute atomic E-state index is 0.162. The number of hydrogen-bond donors (Lipinski definition) is 2. The second kappa shape index (κ2) is 10.6. The Balaban J connectivity index is 2.55. The zero-order chi connectivity index (χ0) is 20.4. The van der Waals surface area contributed by atoms with Crippen molar-refractivity contribution in [2.75, 3.05) is 19.8 Å². The minimum atomic E-state index is -0.563. The number of amides is 2. The van der Waals surface area contributed by atoms with E-state index in [1.165, 1.54) is 0 Å². The maximum absolute atomic E-state index is 12.1. The van der Waals surface area contributed by atoms with Crippen LogP contribution in [-0.4, -0.2) is 37.4 Å². The minimum Gasteiger partial charge on any atom is -0.490 e. The lowest BCUT2D eigenvalue weighted by molar-refractivity contribution is -0.121. The summed E-state index contributed by atoms with van der Waals surface area (Å²) in [6.45, 7) is 12.4. The van der Waals surface area contributed by atoms with Gasteiger partial charge in [0.1, 0.15) is 5.60 Å². The molecule has 1 rings (SSSR count). The molecule has 0 heterocycles. The fourth-order valence-electron chi connectivity index (χ4n) is 2.33. The van der Waals surface area contributed by atoms with Gasteiger partial charge < -0.3 is 24.8 Å². The molecule has 0 saturated carbocycles. The Kier molecular flexibility index (Phi) is 8.91. The van der Waals surface area contributed by atoms with Crippen LogP contribution in [0.4, 0.5) is 4.79 Å². The van der Waals surface area contributed by atoms with Crippen molar-refractivity contribution in [2.45, 2.75) is 59.6 Å². The van der Waals surface area contributed by atoms with E-state index in [1.54, 1.807) is 20.8 Å². The van der Waals surface area contributed by atoms with E-state index in [1.807, 2.05) is 39.0 Å². The van der Waals surface area contributed by atoms with Crippen LogP contribution in [0.15, 0.2) is 18.2 Å². The molecule has 0 radical (unpaired) electrons. The predicted octanol–water partition coefficient (Wildman–Crippen LogP) is 3.58. The molecule has 0 spiro atoms. The van der Waals surface area contributed by atoms with Gasteiger partial charge in [0.25, 0.3) is 0 Å². The molecule has 0 aliphatic heterocycles. The average Bonchev–Trinajstić information content (AvgIpc) is 2.55. The van der Waals surface area contributed by atoms with E-state index in [0.717, 1.165) is 5.56 Å². The van der Waals surface area contributed by atoms with Crippen LogP contribution < -0.4 is 20.1 Å². The molecule has 0 fully saturated rings. The second-order valence-corrected chi connectivity index (χ2v) is 7.04. The number of hydrogen-bond acceptors (Lipinski definition) is 5. The monoisotopic (exact) mass is 380 g/mol. The zero-order valence-electron chi connectivity index (χ0n) is 17.2. The molecule has 2 N–H and O–H groups in total. The van der Waals surface area contributed by atoms with Gasteiger partial charge in [-0.05, 0) is 59.2 Å². The molecule has 0 saturated heterocycles. The van der Waals surface area contributed by atoms with Crippen molar-refractivity contribution in [3.05, 3.63) is 23.8 Å². The summed E-state index contributed by atoms with van der Waals surface area (Å²) in [7, 11) is 0. The first-order valence-electron chi connectivity index (χ1n) is 9.32. The lowest BCUT2D eigenvalue weighted by Crippen LogP contribution is -2.35. The summed E-state index contributed by atoms with van der Waals surface area (Å²) in [5.74, 6) is 1.18. The van der Waals surface area contributed by atoms with Crippen molar-refractivity contribution in [2.24, 2.45) is 0 Å². The van der Waals surface area contributed by atoms with Crippen LogP contribution in [0.25, 0.3) is 0 Å². The van der Waals surface area contributed by atoms with Crippen molar-refractivity contribution in [1.29, 1.82) is 0 Å². The number of ether oxygens (including phenoxy) is 3. The third-order valence-electron chi connectivity index (χ3n) is 3.47. The molecule has 0 unspecified atom stereocenters. The molecule has 0 aliphatic rings. The van der Waals surface area contributed by atoms with Gasteiger partial charge in [0.15, 0.2) is 11.5 Å². The molecular formula is C20H32N2O5. The Labute approximate surface area is 161 Å². The summed E-state index contributed by atoms with van der Waals surface area (Å²) in [5, 5.41) is 5.48. The van der Waals surface area contributed by atoms with Crippen molar-refractivity contribution < 1.29 is 23.8 Å². The van der Waals surface area contributed by atoms with Crippen LogP contribution in [-0.2, 0) is 9.53 Å².